The maximum absolute atomic E-state index is 12.1. The number of carboxylic acids is 1. The Bertz CT molecular complexity index is 622. The third-order valence-corrected chi connectivity index (χ3v) is 5.82. The Balaban J connectivity index is 2.20. The lowest BCUT2D eigenvalue weighted by molar-refractivity contribution is -0.131. The van der Waals surface area contributed by atoms with E-state index in [1.54, 1.807) is 35.9 Å². The van der Waals surface area contributed by atoms with Gasteiger partial charge in [0.25, 0.3) is 5.91 Å². The van der Waals surface area contributed by atoms with E-state index in [0.29, 0.717) is 26.4 Å². The summed E-state index contributed by atoms with van der Waals surface area (Å²) in [6.45, 7) is 4.18. The van der Waals surface area contributed by atoms with Crippen LogP contribution in [0.5, 0.6) is 0 Å². The first-order chi connectivity index (χ1) is 9.86. The molecule has 2 aliphatic heterocycles. The largest absolute Gasteiger partial charge is 0.477 e. The van der Waals surface area contributed by atoms with Gasteiger partial charge in [-0.15, -0.1) is 0 Å². The van der Waals surface area contributed by atoms with Gasteiger partial charge >= 0.3 is 5.97 Å². The Kier molecular flexibility index (Phi) is 4.80. The molecule has 112 valence electrons. The van der Waals surface area contributed by atoms with Crippen LogP contribution in [0.4, 0.5) is 0 Å². The molecule has 0 unspecified atom stereocenters. The second-order valence-corrected chi connectivity index (χ2v) is 7.04. The third-order valence-electron chi connectivity index (χ3n) is 3.13. The van der Waals surface area contributed by atoms with Crippen molar-refractivity contribution >= 4 is 51.9 Å². The summed E-state index contributed by atoms with van der Waals surface area (Å²) in [6.07, 6.45) is 3.46. The van der Waals surface area contributed by atoms with Crippen molar-refractivity contribution in [2.45, 2.75) is 13.8 Å². The molecule has 1 N–H and O–H groups in total. The summed E-state index contributed by atoms with van der Waals surface area (Å²) in [6, 6.07) is 0. The number of aliphatic carboxylic acids is 1. The van der Waals surface area contributed by atoms with E-state index in [-0.39, 0.29) is 5.91 Å². The average molecular weight is 342 g/mol. The molecule has 1 saturated heterocycles. The second kappa shape index (κ2) is 6.25. The smallest absolute Gasteiger partial charge is 0.344 e. The van der Waals surface area contributed by atoms with Gasteiger partial charge in [0.2, 0.25) is 0 Å². The number of hydrogen-bond acceptors (Lipinski definition) is 6. The Morgan fingerprint density at radius 1 is 1.38 bits per heavy atom. The number of carbonyl (C=O) groups is 2. The fraction of sp³-hybridized carbons (Fsp3) is 0.308. The Morgan fingerprint density at radius 3 is 2.52 bits per heavy atom. The summed E-state index contributed by atoms with van der Waals surface area (Å²) in [4.78, 5) is 27.4. The highest BCUT2D eigenvalue weighted by molar-refractivity contribution is 8.26. The molecule has 0 bridgehead atoms. The number of rotatable bonds is 3. The molecule has 1 fully saturated rings. The van der Waals surface area contributed by atoms with Crippen LogP contribution in [0.25, 0.3) is 0 Å². The summed E-state index contributed by atoms with van der Waals surface area (Å²) in [5.74, 6) is -1.04. The van der Waals surface area contributed by atoms with E-state index >= 15 is 0 Å². The zero-order valence-corrected chi connectivity index (χ0v) is 14.2. The molecule has 0 aromatic rings. The highest BCUT2D eigenvalue weighted by Crippen LogP contribution is 2.40. The first-order valence-electron chi connectivity index (χ1n) is 6.18. The molecule has 21 heavy (non-hydrogen) atoms. The maximum atomic E-state index is 12.1. The molecule has 0 radical (unpaired) electrons. The van der Waals surface area contributed by atoms with E-state index in [1.807, 2.05) is 6.92 Å². The predicted octanol–water partition coefficient (Wildman–Crippen LogP) is 2.59. The number of thiocarbonyl (C=S) groups is 1. The van der Waals surface area contributed by atoms with Gasteiger partial charge in [-0.25, -0.2) is 4.79 Å². The van der Waals surface area contributed by atoms with Crippen molar-refractivity contribution in [3.63, 3.8) is 0 Å². The first-order valence-corrected chi connectivity index (χ1v) is 8.22. The van der Waals surface area contributed by atoms with Crippen molar-refractivity contribution in [1.29, 1.82) is 0 Å². The molecular formula is C13H14N2O3S3. The number of carbonyl (C=O) groups excluding carboxylic acids is 1. The van der Waals surface area contributed by atoms with Crippen LogP contribution in [0.2, 0.25) is 0 Å². The molecule has 0 atom stereocenters. The van der Waals surface area contributed by atoms with Crippen molar-refractivity contribution in [2.24, 2.45) is 0 Å². The number of allylic oxidation sites excluding steroid dienone is 3. The Morgan fingerprint density at radius 2 is 2.05 bits per heavy atom. The van der Waals surface area contributed by atoms with Crippen molar-refractivity contribution in [3.8, 4) is 0 Å². The van der Waals surface area contributed by atoms with E-state index < -0.39 is 5.97 Å². The Hall–Kier alpha value is -1.25. The minimum Gasteiger partial charge on any atom is -0.477 e. The van der Waals surface area contributed by atoms with Crippen LogP contribution in [0.1, 0.15) is 13.8 Å². The number of amides is 1. The Labute approximate surface area is 136 Å². The molecule has 2 rings (SSSR count). The third kappa shape index (κ3) is 3.02. The minimum atomic E-state index is -0.940. The molecule has 0 aromatic carbocycles. The lowest BCUT2D eigenvalue weighted by Gasteiger charge is -2.13. The van der Waals surface area contributed by atoms with Crippen LogP contribution in [0.3, 0.4) is 0 Å². The highest BCUT2D eigenvalue weighted by atomic mass is 32.2. The molecule has 0 spiro atoms. The van der Waals surface area contributed by atoms with E-state index in [0.717, 1.165) is 5.03 Å². The van der Waals surface area contributed by atoms with Gasteiger partial charge in [0.05, 0.1) is 9.93 Å². The van der Waals surface area contributed by atoms with Gasteiger partial charge < -0.3 is 10.0 Å². The molecule has 0 aromatic heterocycles. The van der Waals surface area contributed by atoms with Crippen molar-refractivity contribution in [2.75, 3.05) is 13.6 Å². The lowest BCUT2D eigenvalue weighted by atomic mass is 10.4. The number of carboxylic acid groups (broad SMARTS) is 1. The van der Waals surface area contributed by atoms with Crippen LogP contribution in [0.15, 0.2) is 32.7 Å². The van der Waals surface area contributed by atoms with Crippen molar-refractivity contribution < 1.29 is 14.7 Å². The topological polar surface area (TPSA) is 60.9 Å². The van der Waals surface area contributed by atoms with Crippen LogP contribution >= 0.6 is 35.7 Å². The normalized spacial score (nSPS) is 23.2. The summed E-state index contributed by atoms with van der Waals surface area (Å²) in [7, 11) is 1.80. The molecule has 2 aliphatic rings. The molecule has 5 nitrogen and oxygen atoms in total. The molecule has 0 aliphatic carbocycles. The van der Waals surface area contributed by atoms with Gasteiger partial charge in [0.15, 0.2) is 0 Å². The number of nitrogens with zero attached hydrogens (tertiary/aromatic N) is 2. The van der Waals surface area contributed by atoms with Gasteiger partial charge in [-0.1, -0.05) is 35.7 Å². The minimum absolute atomic E-state index is 0.0989. The standard InChI is InChI=1S/C13H14N2O3S3/c1-4-15-11(16)8(20-13(15)19)5-6-9-14(3)7(2)10(21-9)12(17)18/h5-6H,4H2,1-3H3,(H,17,18)/b8-5+,9-6-. The fourth-order valence-corrected chi connectivity index (χ4v) is 4.16. The van der Waals surface area contributed by atoms with Gasteiger partial charge in [0, 0.05) is 19.3 Å². The first kappa shape index (κ1) is 16.1. The monoisotopic (exact) mass is 342 g/mol. The van der Waals surface area contributed by atoms with E-state index in [2.05, 4.69) is 0 Å². The lowest BCUT2D eigenvalue weighted by Crippen LogP contribution is -2.27. The van der Waals surface area contributed by atoms with E-state index in [9.17, 15) is 9.59 Å². The summed E-state index contributed by atoms with van der Waals surface area (Å²) < 4.78 is 0.556. The maximum Gasteiger partial charge on any atom is 0.344 e. The van der Waals surface area contributed by atoms with Crippen LogP contribution in [0, 0.1) is 0 Å². The van der Waals surface area contributed by atoms with Crippen LogP contribution < -0.4 is 0 Å². The van der Waals surface area contributed by atoms with Gasteiger partial charge in [-0.3, -0.25) is 9.69 Å². The van der Waals surface area contributed by atoms with Gasteiger partial charge in [0.1, 0.15) is 9.23 Å². The van der Waals surface area contributed by atoms with Crippen LogP contribution in [-0.4, -0.2) is 44.7 Å². The van der Waals surface area contributed by atoms with Crippen molar-refractivity contribution in [3.05, 3.63) is 32.7 Å². The zero-order valence-electron chi connectivity index (χ0n) is 11.7. The van der Waals surface area contributed by atoms with Gasteiger partial charge in [-0.05, 0) is 26.0 Å². The predicted molar refractivity (Wildman–Crippen MR) is 89.4 cm³/mol. The number of thioether (sulfide) groups is 2. The second-order valence-electron chi connectivity index (χ2n) is 4.33. The summed E-state index contributed by atoms with van der Waals surface area (Å²) >= 11 is 7.59. The molecule has 8 heteroatoms. The number of likely N-dealkylation sites (N-methyl/N-ethyl adjacent to an activating group) is 1. The number of hydrogen-bond donors (Lipinski definition) is 1. The molecule has 1 amide bonds. The van der Waals surface area contributed by atoms with E-state index in [1.165, 1.54) is 23.5 Å². The molecular weight excluding hydrogens is 328 g/mol. The van der Waals surface area contributed by atoms with Crippen molar-refractivity contribution in [1.82, 2.24) is 9.80 Å². The summed E-state index contributed by atoms with van der Waals surface area (Å²) in [5.41, 5.74) is 0.688. The highest BCUT2D eigenvalue weighted by Gasteiger charge is 2.31. The summed E-state index contributed by atoms with van der Waals surface area (Å²) in [5, 5.41) is 9.88. The van der Waals surface area contributed by atoms with Gasteiger partial charge in [-0.2, -0.15) is 0 Å². The SMILES string of the molecule is CCN1C(=O)/C(=C\C=C2/SC(C(=O)O)=C(C)N2C)SC1=S. The zero-order chi connectivity index (χ0) is 15.7. The average Bonchev–Trinajstić information content (AvgIpc) is 2.86. The quantitative estimate of drug-likeness (QED) is 0.625. The molecule has 2 heterocycles. The van der Waals surface area contributed by atoms with E-state index in [4.69, 9.17) is 17.3 Å². The van der Waals surface area contributed by atoms with Crippen LogP contribution in [-0.2, 0) is 9.59 Å². The fourth-order valence-electron chi connectivity index (χ4n) is 1.84. The molecule has 0 saturated carbocycles.